The Balaban J connectivity index is 1.75. The molecule has 2 rings (SSSR count). The molecule has 0 aliphatic rings. The van der Waals surface area contributed by atoms with E-state index in [1.807, 2.05) is 41.1 Å². The van der Waals surface area contributed by atoms with Gasteiger partial charge in [-0.05, 0) is 18.5 Å². The van der Waals surface area contributed by atoms with E-state index in [2.05, 4.69) is 22.5 Å². The lowest BCUT2D eigenvalue weighted by Crippen LogP contribution is -2.26. The van der Waals surface area contributed by atoms with Crippen molar-refractivity contribution in [1.82, 2.24) is 20.2 Å². The smallest absolute Gasteiger partial charge is 0.240 e. The number of carbonyl (C=O) groups excluding carboxylic acids is 1. The van der Waals surface area contributed by atoms with Crippen LogP contribution < -0.4 is 10.6 Å². The van der Waals surface area contributed by atoms with Crippen molar-refractivity contribution >= 4 is 5.91 Å². The maximum atomic E-state index is 11.9. The van der Waals surface area contributed by atoms with E-state index < -0.39 is 0 Å². The first-order valence-corrected chi connectivity index (χ1v) is 7.30. The van der Waals surface area contributed by atoms with E-state index >= 15 is 0 Å². The fourth-order valence-electron chi connectivity index (χ4n) is 2.00. The second-order valence-corrected chi connectivity index (χ2v) is 4.98. The number of amides is 1. The Hall–Kier alpha value is -2.14. The minimum absolute atomic E-state index is 0.00989. The summed E-state index contributed by atoms with van der Waals surface area (Å²) in [4.78, 5) is 16.2. The molecular formula is C16H22N4O. The van der Waals surface area contributed by atoms with Crippen LogP contribution in [0.15, 0.2) is 42.9 Å². The molecule has 2 aromatic rings. The van der Waals surface area contributed by atoms with Gasteiger partial charge in [0.05, 0.1) is 12.0 Å². The summed E-state index contributed by atoms with van der Waals surface area (Å²) in [6.07, 6.45) is 4.71. The molecule has 0 fully saturated rings. The summed E-state index contributed by atoms with van der Waals surface area (Å²) >= 11 is 0. The molecule has 1 amide bonds. The fourth-order valence-corrected chi connectivity index (χ4v) is 2.00. The van der Waals surface area contributed by atoms with Crippen LogP contribution >= 0.6 is 0 Å². The van der Waals surface area contributed by atoms with Crippen LogP contribution in [0.2, 0.25) is 0 Å². The predicted octanol–water partition coefficient (Wildman–Crippen LogP) is 1.70. The number of nitrogens with zero attached hydrogens (tertiary/aromatic N) is 2. The first-order valence-electron chi connectivity index (χ1n) is 7.30. The van der Waals surface area contributed by atoms with Crippen molar-refractivity contribution < 1.29 is 4.79 Å². The minimum atomic E-state index is -0.00989. The Bertz CT molecular complexity index is 550. The molecule has 0 aliphatic heterocycles. The Morgan fingerprint density at radius 2 is 2.05 bits per heavy atom. The highest BCUT2D eigenvalue weighted by Gasteiger charge is 2.04. The average molecular weight is 286 g/mol. The molecule has 1 heterocycles. The van der Waals surface area contributed by atoms with Crippen molar-refractivity contribution in [1.29, 1.82) is 0 Å². The number of carbonyl (C=O) groups is 1. The van der Waals surface area contributed by atoms with Gasteiger partial charge in [0.2, 0.25) is 5.91 Å². The van der Waals surface area contributed by atoms with E-state index in [1.165, 1.54) is 0 Å². The summed E-state index contributed by atoms with van der Waals surface area (Å²) in [5, 5.41) is 6.19. The summed E-state index contributed by atoms with van der Waals surface area (Å²) in [7, 11) is 0. The Kier molecular flexibility index (Phi) is 5.97. The Morgan fingerprint density at radius 1 is 1.24 bits per heavy atom. The molecule has 0 radical (unpaired) electrons. The molecule has 1 aromatic heterocycles. The standard InChI is InChI=1S/C16H22N4O/c1-2-8-17-10-15-11-20(13-19-15)12-16(21)18-9-14-6-4-3-5-7-14/h3-7,11,13,17H,2,8-10,12H2,1H3,(H,18,21). The highest BCUT2D eigenvalue weighted by atomic mass is 16.1. The number of nitrogens with one attached hydrogen (secondary N) is 2. The van der Waals surface area contributed by atoms with Crippen LogP contribution in [0.25, 0.3) is 0 Å². The Labute approximate surface area is 125 Å². The normalized spacial score (nSPS) is 10.5. The monoisotopic (exact) mass is 286 g/mol. The lowest BCUT2D eigenvalue weighted by Gasteiger charge is -2.05. The number of rotatable bonds is 8. The van der Waals surface area contributed by atoms with Gasteiger partial charge in [-0.15, -0.1) is 0 Å². The predicted molar refractivity (Wildman–Crippen MR) is 82.5 cm³/mol. The van der Waals surface area contributed by atoms with Gasteiger partial charge >= 0.3 is 0 Å². The van der Waals surface area contributed by atoms with Crippen LogP contribution in [0.5, 0.6) is 0 Å². The third-order valence-corrected chi connectivity index (χ3v) is 3.08. The number of hydrogen-bond acceptors (Lipinski definition) is 3. The van der Waals surface area contributed by atoms with E-state index in [0.29, 0.717) is 13.1 Å². The minimum Gasteiger partial charge on any atom is -0.350 e. The molecular weight excluding hydrogens is 264 g/mol. The van der Waals surface area contributed by atoms with Gasteiger partial charge in [0.15, 0.2) is 0 Å². The van der Waals surface area contributed by atoms with Crippen molar-refractivity contribution in [3.05, 3.63) is 54.1 Å². The van der Waals surface area contributed by atoms with Crippen LogP contribution in [0.4, 0.5) is 0 Å². The third kappa shape index (κ3) is 5.39. The van der Waals surface area contributed by atoms with Gasteiger partial charge in [-0.1, -0.05) is 37.3 Å². The van der Waals surface area contributed by atoms with Gasteiger partial charge in [0, 0.05) is 19.3 Å². The average Bonchev–Trinajstić information content (AvgIpc) is 2.94. The van der Waals surface area contributed by atoms with Crippen molar-refractivity contribution in [3.63, 3.8) is 0 Å². The summed E-state index contributed by atoms with van der Waals surface area (Å²) < 4.78 is 1.81. The van der Waals surface area contributed by atoms with E-state index in [0.717, 1.165) is 30.8 Å². The van der Waals surface area contributed by atoms with Gasteiger partial charge in [0.25, 0.3) is 0 Å². The molecule has 2 N–H and O–H groups in total. The maximum absolute atomic E-state index is 11.9. The van der Waals surface area contributed by atoms with E-state index in [-0.39, 0.29) is 5.91 Å². The van der Waals surface area contributed by atoms with Crippen LogP contribution in [0, 0.1) is 0 Å². The number of aromatic nitrogens is 2. The SMILES string of the molecule is CCCNCc1cn(CC(=O)NCc2ccccc2)cn1. The molecule has 112 valence electrons. The maximum Gasteiger partial charge on any atom is 0.240 e. The van der Waals surface area contributed by atoms with Gasteiger partial charge < -0.3 is 15.2 Å². The van der Waals surface area contributed by atoms with E-state index in [1.54, 1.807) is 6.33 Å². The van der Waals surface area contributed by atoms with E-state index in [9.17, 15) is 4.79 Å². The lowest BCUT2D eigenvalue weighted by molar-refractivity contribution is -0.121. The van der Waals surface area contributed by atoms with Crippen LogP contribution in [0.1, 0.15) is 24.6 Å². The molecule has 21 heavy (non-hydrogen) atoms. The molecule has 0 spiro atoms. The van der Waals surface area contributed by atoms with Crippen molar-refractivity contribution in [2.45, 2.75) is 33.0 Å². The number of benzene rings is 1. The molecule has 1 aromatic carbocycles. The topological polar surface area (TPSA) is 59.0 Å². The van der Waals surface area contributed by atoms with Gasteiger partial charge in [-0.25, -0.2) is 4.98 Å². The van der Waals surface area contributed by atoms with Crippen LogP contribution in [-0.2, 0) is 24.4 Å². The zero-order valence-corrected chi connectivity index (χ0v) is 12.4. The van der Waals surface area contributed by atoms with Gasteiger partial charge in [-0.2, -0.15) is 0 Å². The highest BCUT2D eigenvalue weighted by molar-refractivity contribution is 5.75. The number of hydrogen-bond donors (Lipinski definition) is 2. The Morgan fingerprint density at radius 3 is 2.81 bits per heavy atom. The van der Waals surface area contributed by atoms with Gasteiger partial charge in [0.1, 0.15) is 6.54 Å². The highest BCUT2D eigenvalue weighted by Crippen LogP contribution is 1.99. The van der Waals surface area contributed by atoms with E-state index in [4.69, 9.17) is 0 Å². The quantitative estimate of drug-likeness (QED) is 0.726. The summed E-state index contributed by atoms with van der Waals surface area (Å²) in [6, 6.07) is 9.88. The molecule has 0 saturated carbocycles. The second-order valence-electron chi connectivity index (χ2n) is 4.98. The molecule has 0 bridgehead atoms. The summed E-state index contributed by atoms with van der Waals surface area (Å²) in [6.45, 7) is 4.70. The lowest BCUT2D eigenvalue weighted by atomic mass is 10.2. The van der Waals surface area contributed by atoms with Crippen molar-refractivity contribution in [2.75, 3.05) is 6.54 Å². The first kappa shape index (κ1) is 15.3. The van der Waals surface area contributed by atoms with Crippen molar-refractivity contribution in [2.24, 2.45) is 0 Å². The summed E-state index contributed by atoms with van der Waals surface area (Å²) in [5.41, 5.74) is 2.06. The molecule has 0 saturated heterocycles. The number of imidazole rings is 1. The van der Waals surface area contributed by atoms with Crippen LogP contribution in [-0.4, -0.2) is 22.0 Å². The fraction of sp³-hybridized carbons (Fsp3) is 0.375. The largest absolute Gasteiger partial charge is 0.350 e. The van der Waals surface area contributed by atoms with Crippen molar-refractivity contribution in [3.8, 4) is 0 Å². The molecule has 0 unspecified atom stereocenters. The molecule has 5 heteroatoms. The second kappa shape index (κ2) is 8.21. The molecule has 0 atom stereocenters. The van der Waals surface area contributed by atoms with Gasteiger partial charge in [-0.3, -0.25) is 4.79 Å². The molecule has 0 aliphatic carbocycles. The first-order chi connectivity index (χ1) is 10.3. The zero-order chi connectivity index (χ0) is 14.9. The third-order valence-electron chi connectivity index (χ3n) is 3.08. The van der Waals surface area contributed by atoms with Crippen LogP contribution in [0.3, 0.4) is 0 Å². The zero-order valence-electron chi connectivity index (χ0n) is 12.4. The summed E-state index contributed by atoms with van der Waals surface area (Å²) in [5.74, 6) is -0.00989. The molecule has 5 nitrogen and oxygen atoms in total.